The minimum absolute atomic E-state index is 0.0783. The summed E-state index contributed by atoms with van der Waals surface area (Å²) in [6.45, 7) is 6.97. The molecule has 0 saturated carbocycles. The molecule has 0 spiro atoms. The molecule has 0 saturated heterocycles. The molecule has 3 rings (SSSR count). The van der Waals surface area contributed by atoms with Crippen molar-refractivity contribution in [2.75, 3.05) is 13.7 Å². The zero-order chi connectivity index (χ0) is 25.2. The number of nitrogens with one attached hydrogen (secondary N) is 1. The van der Waals surface area contributed by atoms with Gasteiger partial charge in [0.05, 0.1) is 13.5 Å². The molecule has 0 unspecified atom stereocenters. The summed E-state index contributed by atoms with van der Waals surface area (Å²) in [5.74, 6) is 0.511. The largest absolute Gasteiger partial charge is 0.497 e. The van der Waals surface area contributed by atoms with Gasteiger partial charge in [-0.3, -0.25) is 9.59 Å². The van der Waals surface area contributed by atoms with E-state index < -0.39 is 6.04 Å². The molecule has 0 aliphatic rings. The van der Waals surface area contributed by atoms with Crippen molar-refractivity contribution in [1.29, 1.82) is 0 Å². The van der Waals surface area contributed by atoms with Crippen LogP contribution in [0.4, 0.5) is 0 Å². The summed E-state index contributed by atoms with van der Waals surface area (Å²) in [4.78, 5) is 28.9. The van der Waals surface area contributed by atoms with Crippen LogP contribution in [0.25, 0.3) is 0 Å². The molecule has 184 valence electrons. The predicted octanol–water partition coefficient (Wildman–Crippen LogP) is 5.02. The smallest absolute Gasteiger partial charge is 0.243 e. The van der Waals surface area contributed by atoms with Crippen LogP contribution in [0.1, 0.15) is 41.2 Å². The Morgan fingerprint density at radius 1 is 0.886 bits per heavy atom. The Bertz CT molecular complexity index is 1110. The summed E-state index contributed by atoms with van der Waals surface area (Å²) >= 11 is 0. The van der Waals surface area contributed by atoms with E-state index in [4.69, 9.17) is 4.74 Å². The third-order valence-electron chi connectivity index (χ3n) is 5.94. The molecular formula is C30H36N2O3. The number of carbonyl (C=O) groups excluding carboxylic acids is 2. The van der Waals surface area contributed by atoms with Crippen molar-refractivity contribution in [3.63, 3.8) is 0 Å². The van der Waals surface area contributed by atoms with Crippen LogP contribution in [0.2, 0.25) is 0 Å². The fourth-order valence-corrected chi connectivity index (χ4v) is 4.33. The zero-order valence-electron chi connectivity index (χ0n) is 21.2. The molecule has 0 aliphatic carbocycles. The van der Waals surface area contributed by atoms with Crippen LogP contribution in [0.5, 0.6) is 5.75 Å². The molecule has 35 heavy (non-hydrogen) atoms. The summed E-state index contributed by atoms with van der Waals surface area (Å²) in [5, 5.41) is 3.02. The molecule has 3 aromatic carbocycles. The van der Waals surface area contributed by atoms with Gasteiger partial charge in [-0.15, -0.1) is 0 Å². The van der Waals surface area contributed by atoms with Crippen LogP contribution in [0.15, 0.2) is 72.8 Å². The van der Waals surface area contributed by atoms with Crippen LogP contribution >= 0.6 is 0 Å². The van der Waals surface area contributed by atoms with E-state index in [1.54, 1.807) is 12.0 Å². The fourth-order valence-electron chi connectivity index (χ4n) is 4.33. The lowest BCUT2D eigenvalue weighted by Gasteiger charge is -2.32. The standard InChI is InChI=1S/C30H36N2O3/c1-5-14-31-30(34)28(19-24-10-7-6-8-11-24)32(21-25-12-9-13-27(18-25)35-4)29(33)20-26-16-22(2)15-23(3)17-26/h6-13,15-18,28H,5,14,19-21H2,1-4H3,(H,31,34)/t28-/m0/s1. The SMILES string of the molecule is CCCNC(=O)[C@H](Cc1ccccc1)N(Cc1cccc(OC)c1)C(=O)Cc1cc(C)cc(C)c1. The second kappa shape index (κ2) is 12.7. The van der Waals surface area contributed by atoms with Gasteiger partial charge in [-0.1, -0.05) is 78.7 Å². The molecule has 0 heterocycles. The van der Waals surface area contributed by atoms with Gasteiger partial charge in [-0.05, 0) is 49.1 Å². The van der Waals surface area contributed by atoms with Gasteiger partial charge >= 0.3 is 0 Å². The number of carbonyl (C=O) groups is 2. The monoisotopic (exact) mass is 472 g/mol. The minimum Gasteiger partial charge on any atom is -0.497 e. The molecule has 1 N–H and O–H groups in total. The summed E-state index contributed by atoms with van der Waals surface area (Å²) in [7, 11) is 1.62. The minimum atomic E-state index is -0.631. The van der Waals surface area contributed by atoms with Crippen molar-refractivity contribution in [2.24, 2.45) is 0 Å². The van der Waals surface area contributed by atoms with Crippen LogP contribution in [0, 0.1) is 13.8 Å². The normalized spacial score (nSPS) is 11.5. The van der Waals surface area contributed by atoms with Gasteiger partial charge in [0.25, 0.3) is 0 Å². The van der Waals surface area contributed by atoms with Crippen LogP contribution < -0.4 is 10.1 Å². The third-order valence-corrected chi connectivity index (χ3v) is 5.94. The first kappa shape index (κ1) is 26.0. The van der Waals surface area contributed by atoms with Crippen LogP contribution in [0.3, 0.4) is 0 Å². The van der Waals surface area contributed by atoms with Gasteiger partial charge in [0.1, 0.15) is 11.8 Å². The number of amides is 2. The lowest BCUT2D eigenvalue weighted by Crippen LogP contribution is -2.51. The number of benzene rings is 3. The van der Waals surface area contributed by atoms with Gasteiger partial charge in [0, 0.05) is 19.5 Å². The van der Waals surface area contributed by atoms with E-state index in [1.165, 1.54) is 0 Å². The first-order chi connectivity index (χ1) is 16.9. The van der Waals surface area contributed by atoms with Crippen molar-refractivity contribution in [2.45, 2.75) is 52.6 Å². The second-order valence-electron chi connectivity index (χ2n) is 9.04. The van der Waals surface area contributed by atoms with Crippen molar-refractivity contribution in [3.8, 4) is 5.75 Å². The Morgan fingerprint density at radius 2 is 1.57 bits per heavy atom. The Kier molecular flexibility index (Phi) is 9.47. The van der Waals surface area contributed by atoms with Crippen molar-refractivity contribution >= 4 is 11.8 Å². The van der Waals surface area contributed by atoms with E-state index >= 15 is 0 Å². The molecule has 0 fully saturated rings. The Labute approximate surface area is 209 Å². The first-order valence-corrected chi connectivity index (χ1v) is 12.2. The number of hydrogen-bond donors (Lipinski definition) is 1. The van der Waals surface area contributed by atoms with E-state index in [9.17, 15) is 9.59 Å². The highest BCUT2D eigenvalue weighted by molar-refractivity contribution is 5.88. The third kappa shape index (κ3) is 7.71. The molecule has 3 aromatic rings. The van der Waals surface area contributed by atoms with E-state index in [1.807, 2.05) is 87.5 Å². The maximum absolute atomic E-state index is 13.8. The topological polar surface area (TPSA) is 58.6 Å². The Balaban J connectivity index is 1.98. The molecule has 5 nitrogen and oxygen atoms in total. The summed E-state index contributed by atoms with van der Waals surface area (Å²) < 4.78 is 5.39. The van der Waals surface area contributed by atoms with Crippen LogP contribution in [-0.2, 0) is 29.0 Å². The summed E-state index contributed by atoms with van der Waals surface area (Å²) in [6.07, 6.45) is 1.51. The van der Waals surface area contributed by atoms with E-state index in [0.717, 1.165) is 40.0 Å². The molecule has 0 radical (unpaired) electrons. The highest BCUT2D eigenvalue weighted by atomic mass is 16.5. The average molecular weight is 473 g/mol. The Morgan fingerprint density at radius 3 is 2.23 bits per heavy atom. The predicted molar refractivity (Wildman–Crippen MR) is 140 cm³/mol. The number of hydrogen-bond acceptors (Lipinski definition) is 3. The first-order valence-electron chi connectivity index (χ1n) is 12.2. The maximum Gasteiger partial charge on any atom is 0.243 e. The fraction of sp³-hybridized carbons (Fsp3) is 0.333. The van der Waals surface area contributed by atoms with Gasteiger partial charge in [0.2, 0.25) is 11.8 Å². The van der Waals surface area contributed by atoms with Crippen molar-refractivity contribution in [3.05, 3.63) is 101 Å². The molecule has 1 atom stereocenters. The molecule has 2 amide bonds. The highest BCUT2D eigenvalue weighted by Gasteiger charge is 2.30. The van der Waals surface area contributed by atoms with Gasteiger partial charge < -0.3 is 15.0 Å². The average Bonchev–Trinajstić information content (AvgIpc) is 2.84. The lowest BCUT2D eigenvalue weighted by molar-refractivity contribution is -0.140. The number of rotatable bonds is 11. The molecule has 0 aromatic heterocycles. The van der Waals surface area contributed by atoms with Gasteiger partial charge in [0.15, 0.2) is 0 Å². The van der Waals surface area contributed by atoms with E-state index in [0.29, 0.717) is 19.5 Å². The lowest BCUT2D eigenvalue weighted by atomic mass is 10.00. The quantitative estimate of drug-likeness (QED) is 0.426. The van der Waals surface area contributed by atoms with Gasteiger partial charge in [-0.25, -0.2) is 0 Å². The summed E-state index contributed by atoms with van der Waals surface area (Å²) in [5.41, 5.74) is 5.12. The van der Waals surface area contributed by atoms with E-state index in [2.05, 4.69) is 11.4 Å². The molecule has 0 bridgehead atoms. The summed E-state index contributed by atoms with van der Waals surface area (Å²) in [6, 6.07) is 23.1. The zero-order valence-corrected chi connectivity index (χ0v) is 21.2. The Hall–Kier alpha value is -3.60. The number of methoxy groups -OCH3 is 1. The maximum atomic E-state index is 13.8. The van der Waals surface area contributed by atoms with Crippen molar-refractivity contribution < 1.29 is 14.3 Å². The number of aryl methyl sites for hydroxylation is 2. The molecule has 0 aliphatic heterocycles. The van der Waals surface area contributed by atoms with Crippen molar-refractivity contribution in [1.82, 2.24) is 10.2 Å². The second-order valence-corrected chi connectivity index (χ2v) is 9.04. The highest BCUT2D eigenvalue weighted by Crippen LogP contribution is 2.20. The van der Waals surface area contributed by atoms with Crippen LogP contribution in [-0.4, -0.2) is 36.4 Å². The number of nitrogens with zero attached hydrogens (tertiary/aromatic N) is 1. The molecule has 5 heteroatoms. The molecular weight excluding hydrogens is 436 g/mol. The number of ether oxygens (including phenoxy) is 1. The van der Waals surface area contributed by atoms with E-state index in [-0.39, 0.29) is 18.2 Å². The van der Waals surface area contributed by atoms with Gasteiger partial charge in [-0.2, -0.15) is 0 Å².